The predicted octanol–water partition coefficient (Wildman–Crippen LogP) is 3.85. The first-order valence-corrected chi connectivity index (χ1v) is 12.6. The predicted molar refractivity (Wildman–Crippen MR) is 116 cm³/mol. The summed E-state index contributed by atoms with van der Waals surface area (Å²) >= 11 is 0. The number of amides is 1. The molecular formula is C22H23F4N3O4S. The van der Waals surface area contributed by atoms with Gasteiger partial charge in [-0.15, -0.1) is 0 Å². The van der Waals surface area contributed by atoms with Gasteiger partial charge in [-0.25, -0.2) is 22.5 Å². The van der Waals surface area contributed by atoms with Crippen LogP contribution in [0.25, 0.3) is 0 Å². The van der Waals surface area contributed by atoms with Gasteiger partial charge in [-0.2, -0.15) is 13.2 Å². The van der Waals surface area contributed by atoms with Crippen molar-refractivity contribution in [3.8, 4) is 5.75 Å². The van der Waals surface area contributed by atoms with E-state index in [-0.39, 0.29) is 23.3 Å². The number of nitrogens with one attached hydrogen (secondary N) is 1. The molecule has 1 aliphatic carbocycles. The molecule has 0 radical (unpaired) electrons. The van der Waals surface area contributed by atoms with Crippen LogP contribution in [0, 0.1) is 5.82 Å². The number of ether oxygens (including phenoxy) is 1. The van der Waals surface area contributed by atoms with E-state index in [1.807, 2.05) is 4.90 Å². The van der Waals surface area contributed by atoms with Crippen LogP contribution in [0.1, 0.15) is 53.1 Å². The number of carbonyl (C=O) groups excluding carboxylic acids is 1. The fourth-order valence-electron chi connectivity index (χ4n) is 3.95. The highest BCUT2D eigenvalue weighted by Gasteiger charge is 2.33. The van der Waals surface area contributed by atoms with Crippen LogP contribution in [-0.4, -0.2) is 44.8 Å². The van der Waals surface area contributed by atoms with Gasteiger partial charge in [0, 0.05) is 18.8 Å². The first-order chi connectivity index (χ1) is 15.9. The van der Waals surface area contributed by atoms with Crippen LogP contribution in [0.15, 0.2) is 30.5 Å². The van der Waals surface area contributed by atoms with Gasteiger partial charge in [-0.3, -0.25) is 4.79 Å². The quantitative estimate of drug-likeness (QED) is 0.605. The summed E-state index contributed by atoms with van der Waals surface area (Å²) in [6.07, 6.45) is -0.216. The average molecular weight is 502 g/mol. The van der Waals surface area contributed by atoms with Gasteiger partial charge in [0.1, 0.15) is 23.5 Å². The number of rotatable bonds is 6. The maximum atomic E-state index is 14.7. The number of hydrogen-bond donors (Lipinski definition) is 1. The number of anilines is 1. The van der Waals surface area contributed by atoms with Crippen molar-refractivity contribution in [3.63, 3.8) is 0 Å². The van der Waals surface area contributed by atoms with Crippen molar-refractivity contribution in [2.24, 2.45) is 0 Å². The van der Waals surface area contributed by atoms with Gasteiger partial charge >= 0.3 is 6.18 Å². The number of sulfonamides is 1. The van der Waals surface area contributed by atoms with Gasteiger partial charge in [0.2, 0.25) is 10.0 Å². The van der Waals surface area contributed by atoms with Gasteiger partial charge in [0.25, 0.3) is 5.91 Å². The molecule has 2 aromatic rings. The van der Waals surface area contributed by atoms with E-state index in [4.69, 9.17) is 4.74 Å². The zero-order valence-corrected chi connectivity index (χ0v) is 19.0. The van der Waals surface area contributed by atoms with Gasteiger partial charge in [0.05, 0.1) is 23.9 Å². The molecule has 1 N–H and O–H groups in total. The second-order valence-corrected chi connectivity index (χ2v) is 10.3. The van der Waals surface area contributed by atoms with Crippen LogP contribution in [0.5, 0.6) is 5.75 Å². The van der Waals surface area contributed by atoms with Crippen LogP contribution < -0.4 is 14.4 Å². The number of pyridine rings is 1. The highest BCUT2D eigenvalue weighted by atomic mass is 32.2. The summed E-state index contributed by atoms with van der Waals surface area (Å²) < 4.78 is 83.7. The van der Waals surface area contributed by atoms with E-state index in [0.717, 1.165) is 37.4 Å². The van der Waals surface area contributed by atoms with Crippen LogP contribution in [0.3, 0.4) is 0 Å². The lowest BCUT2D eigenvalue weighted by Gasteiger charge is -2.34. The summed E-state index contributed by atoms with van der Waals surface area (Å²) in [5.74, 6) is -1.20. The maximum absolute atomic E-state index is 14.7. The Balaban J connectivity index is 1.51. The lowest BCUT2D eigenvalue weighted by molar-refractivity contribution is -0.137. The van der Waals surface area contributed by atoms with Crippen LogP contribution >= 0.6 is 0 Å². The zero-order chi connectivity index (χ0) is 24.7. The van der Waals surface area contributed by atoms with Gasteiger partial charge < -0.3 is 9.64 Å². The van der Waals surface area contributed by atoms with Crippen molar-refractivity contribution in [3.05, 3.63) is 53.0 Å². The van der Waals surface area contributed by atoms with Crippen molar-refractivity contribution < 1.29 is 35.5 Å². The van der Waals surface area contributed by atoms with Gasteiger partial charge in [-0.05, 0) is 55.4 Å². The third-order valence-corrected chi connectivity index (χ3v) is 6.27. The third kappa shape index (κ3) is 5.78. The number of piperidine rings is 1. The molecule has 2 fully saturated rings. The number of nitrogens with zero attached hydrogens (tertiary/aromatic N) is 2. The standard InChI is InChI=1S/C22H23F4N3O4S/c1-34(31,32)28-21(30)17-9-16(13-4-5-13)19(10-18(17)23)33-15-3-2-8-29(12-15)20-7-6-14(11-27-20)22(24,25)26/h6-7,9-11,13,15H,2-5,8,12H2,1H3,(H,28,30). The van der Waals surface area contributed by atoms with E-state index in [9.17, 15) is 30.8 Å². The average Bonchev–Trinajstić information content (AvgIpc) is 3.57. The summed E-state index contributed by atoms with van der Waals surface area (Å²) in [5.41, 5.74) is -0.575. The van der Waals surface area contributed by atoms with Crippen molar-refractivity contribution in [1.29, 1.82) is 0 Å². The Bertz CT molecular complexity index is 1180. The monoisotopic (exact) mass is 501 g/mol. The lowest BCUT2D eigenvalue weighted by atomic mass is 10.0. The Labute approximate surface area is 194 Å². The minimum absolute atomic E-state index is 0.0802. The first-order valence-electron chi connectivity index (χ1n) is 10.7. The molecule has 1 saturated heterocycles. The molecule has 2 heterocycles. The Hall–Kier alpha value is -2.89. The molecule has 7 nitrogen and oxygen atoms in total. The molecule has 1 aliphatic heterocycles. The summed E-state index contributed by atoms with van der Waals surface area (Å²) in [6.45, 7) is 0.938. The fraction of sp³-hybridized carbons (Fsp3) is 0.455. The smallest absolute Gasteiger partial charge is 0.417 e. The molecule has 1 saturated carbocycles. The molecule has 1 aromatic carbocycles. The SMILES string of the molecule is CS(=O)(=O)NC(=O)c1cc(C2CC2)c(OC2CCCN(c3ccc(C(F)(F)F)cn3)C2)cc1F. The van der Waals surface area contributed by atoms with Crippen molar-refractivity contribution in [2.75, 3.05) is 24.2 Å². The van der Waals surface area contributed by atoms with Crippen molar-refractivity contribution in [1.82, 2.24) is 9.71 Å². The highest BCUT2D eigenvalue weighted by molar-refractivity contribution is 7.89. The van der Waals surface area contributed by atoms with Crippen molar-refractivity contribution >= 4 is 21.7 Å². The largest absolute Gasteiger partial charge is 0.488 e. The molecule has 1 aromatic heterocycles. The van der Waals surface area contributed by atoms with Gasteiger partial charge in [0.15, 0.2) is 0 Å². The number of hydrogen-bond acceptors (Lipinski definition) is 6. The van der Waals surface area contributed by atoms with Crippen LogP contribution in [0.4, 0.5) is 23.4 Å². The fourth-order valence-corrected chi connectivity index (χ4v) is 4.39. The topological polar surface area (TPSA) is 88.6 Å². The molecule has 1 atom stereocenters. The molecule has 12 heteroatoms. The van der Waals surface area contributed by atoms with Crippen molar-refractivity contribution in [2.45, 2.75) is 43.9 Å². The molecule has 34 heavy (non-hydrogen) atoms. The first kappa shape index (κ1) is 24.2. The molecule has 1 unspecified atom stereocenters. The number of halogens is 4. The number of benzene rings is 1. The van der Waals surface area contributed by atoms with E-state index < -0.39 is 33.5 Å². The summed E-state index contributed by atoms with van der Waals surface area (Å²) in [5, 5.41) is 0. The Kier molecular flexibility index (Phi) is 6.45. The van der Waals surface area contributed by atoms with Crippen LogP contribution in [-0.2, 0) is 16.2 Å². The summed E-state index contributed by atoms with van der Waals surface area (Å²) in [7, 11) is -3.85. The van der Waals surface area contributed by atoms with E-state index in [0.29, 0.717) is 37.3 Å². The normalized spacial score (nSPS) is 19.1. The Morgan fingerprint density at radius 1 is 1.21 bits per heavy atom. The zero-order valence-electron chi connectivity index (χ0n) is 18.2. The molecule has 0 bridgehead atoms. The molecule has 0 spiro atoms. The minimum atomic E-state index is -4.47. The second-order valence-electron chi connectivity index (χ2n) is 8.58. The number of aromatic nitrogens is 1. The Morgan fingerprint density at radius 2 is 1.94 bits per heavy atom. The second kappa shape index (κ2) is 9.05. The Morgan fingerprint density at radius 3 is 2.53 bits per heavy atom. The summed E-state index contributed by atoms with van der Waals surface area (Å²) in [4.78, 5) is 18.0. The molecule has 184 valence electrons. The third-order valence-electron chi connectivity index (χ3n) is 5.71. The number of carbonyl (C=O) groups is 1. The van der Waals surface area contributed by atoms with E-state index in [1.54, 1.807) is 4.72 Å². The summed E-state index contributed by atoms with van der Waals surface area (Å²) in [6, 6.07) is 4.73. The molecule has 1 amide bonds. The lowest BCUT2D eigenvalue weighted by Crippen LogP contribution is -2.41. The molecule has 2 aliphatic rings. The van der Waals surface area contributed by atoms with E-state index in [2.05, 4.69) is 4.98 Å². The van der Waals surface area contributed by atoms with Gasteiger partial charge in [-0.1, -0.05) is 0 Å². The molecule has 4 rings (SSSR count). The highest BCUT2D eigenvalue weighted by Crippen LogP contribution is 2.45. The van der Waals surface area contributed by atoms with Crippen LogP contribution in [0.2, 0.25) is 0 Å². The maximum Gasteiger partial charge on any atom is 0.417 e. The number of alkyl halides is 3. The molecular weight excluding hydrogens is 478 g/mol. The van der Waals surface area contributed by atoms with E-state index >= 15 is 0 Å². The van der Waals surface area contributed by atoms with E-state index in [1.165, 1.54) is 12.1 Å². The minimum Gasteiger partial charge on any atom is -0.488 e.